The number of benzene rings is 1. The van der Waals surface area contributed by atoms with Crippen molar-refractivity contribution >= 4 is 17.8 Å². The number of halogens is 4. The molecule has 24 heavy (non-hydrogen) atoms. The van der Waals surface area contributed by atoms with Crippen LogP contribution >= 0.6 is 11.6 Å². The van der Waals surface area contributed by atoms with Gasteiger partial charge in [0, 0.05) is 23.7 Å². The quantitative estimate of drug-likeness (QED) is 0.622. The van der Waals surface area contributed by atoms with Crippen LogP contribution in [0.1, 0.15) is 11.3 Å². The fourth-order valence-electron chi connectivity index (χ4n) is 2.01. The number of alkyl halides is 3. The molecule has 0 atom stereocenters. The number of aromatic nitrogens is 2. The van der Waals surface area contributed by atoms with Gasteiger partial charge in [-0.2, -0.15) is 13.2 Å². The van der Waals surface area contributed by atoms with Crippen LogP contribution in [0.2, 0.25) is 5.02 Å². The van der Waals surface area contributed by atoms with Crippen LogP contribution in [0.15, 0.2) is 39.0 Å². The minimum atomic E-state index is -4.82. The molecule has 0 unspecified atom stereocenters. The lowest BCUT2D eigenvalue weighted by Gasteiger charge is -2.14. The molecule has 0 saturated heterocycles. The number of nitrogens with zero attached hydrogens (tertiary/aromatic N) is 3. The van der Waals surface area contributed by atoms with E-state index in [1.807, 2.05) is 0 Å². The van der Waals surface area contributed by atoms with Gasteiger partial charge in [0.2, 0.25) is 0 Å². The molecule has 128 valence electrons. The summed E-state index contributed by atoms with van der Waals surface area (Å²) in [6, 6.07) is 4.42. The predicted octanol–water partition coefficient (Wildman–Crippen LogP) is 2.19. The van der Waals surface area contributed by atoms with Crippen LogP contribution in [0.3, 0.4) is 0 Å². The number of rotatable bonds is 3. The first-order chi connectivity index (χ1) is 11.2. The zero-order valence-corrected chi connectivity index (χ0v) is 13.2. The first-order valence-electron chi connectivity index (χ1n) is 6.43. The third-order valence-corrected chi connectivity index (χ3v) is 3.49. The average molecular weight is 362 g/mol. The molecular formula is C14H11ClF3N3O3. The molecule has 0 aliphatic carbocycles. The second-order valence-electron chi connectivity index (χ2n) is 4.67. The summed E-state index contributed by atoms with van der Waals surface area (Å²) in [6.07, 6.45) is -3.58. The van der Waals surface area contributed by atoms with Gasteiger partial charge in [0.1, 0.15) is 12.8 Å². The molecular weight excluding hydrogens is 351 g/mol. The molecule has 0 aliphatic heterocycles. The molecule has 0 amide bonds. The lowest BCUT2D eigenvalue weighted by molar-refractivity contribution is -0.144. The second-order valence-corrected chi connectivity index (χ2v) is 5.07. The van der Waals surface area contributed by atoms with E-state index in [1.165, 1.54) is 31.5 Å². The maximum atomic E-state index is 12.8. The standard InChI is InChI=1S/C14H11ClF3N3O3/c1-20-11(14(16,17)18)6-12(22)21(13(20)23)9-3-4-10(15)8(5-9)7-19-24-2/h3-7H,1-2H3/b19-7+. The van der Waals surface area contributed by atoms with Crippen molar-refractivity contribution in [2.75, 3.05) is 7.11 Å². The molecule has 0 aliphatic rings. The van der Waals surface area contributed by atoms with Crippen LogP contribution in [0, 0.1) is 0 Å². The molecule has 2 aromatic rings. The molecule has 0 radical (unpaired) electrons. The smallest absolute Gasteiger partial charge is 0.399 e. The zero-order valence-electron chi connectivity index (χ0n) is 12.5. The fourth-order valence-corrected chi connectivity index (χ4v) is 2.18. The van der Waals surface area contributed by atoms with E-state index >= 15 is 0 Å². The molecule has 0 saturated carbocycles. The van der Waals surface area contributed by atoms with Crippen LogP contribution in [-0.2, 0) is 18.1 Å². The van der Waals surface area contributed by atoms with E-state index in [1.54, 1.807) is 0 Å². The third-order valence-electron chi connectivity index (χ3n) is 3.15. The monoisotopic (exact) mass is 361 g/mol. The molecule has 1 heterocycles. The van der Waals surface area contributed by atoms with Gasteiger partial charge in [-0.15, -0.1) is 0 Å². The normalized spacial score (nSPS) is 11.9. The minimum Gasteiger partial charge on any atom is -0.399 e. The van der Waals surface area contributed by atoms with Gasteiger partial charge in [-0.05, 0) is 18.2 Å². The van der Waals surface area contributed by atoms with Crippen molar-refractivity contribution in [3.63, 3.8) is 0 Å². The highest BCUT2D eigenvalue weighted by Crippen LogP contribution is 2.27. The Balaban J connectivity index is 2.71. The van der Waals surface area contributed by atoms with Crippen molar-refractivity contribution in [3.8, 4) is 5.69 Å². The van der Waals surface area contributed by atoms with Gasteiger partial charge in [0.15, 0.2) is 0 Å². The van der Waals surface area contributed by atoms with Crippen molar-refractivity contribution in [1.82, 2.24) is 9.13 Å². The summed E-state index contributed by atoms with van der Waals surface area (Å²) in [5, 5.41) is 3.78. The minimum absolute atomic E-state index is 0.0521. The van der Waals surface area contributed by atoms with Crippen LogP contribution < -0.4 is 11.2 Å². The van der Waals surface area contributed by atoms with Crippen molar-refractivity contribution in [2.24, 2.45) is 12.2 Å². The molecule has 0 fully saturated rings. The maximum Gasteiger partial charge on any atom is 0.431 e. The van der Waals surface area contributed by atoms with E-state index in [4.69, 9.17) is 11.6 Å². The Bertz CT molecular complexity index is 916. The van der Waals surface area contributed by atoms with E-state index in [-0.39, 0.29) is 10.7 Å². The van der Waals surface area contributed by atoms with Crippen molar-refractivity contribution < 1.29 is 18.0 Å². The largest absolute Gasteiger partial charge is 0.431 e. The van der Waals surface area contributed by atoms with Gasteiger partial charge in [0.05, 0.1) is 11.9 Å². The van der Waals surface area contributed by atoms with E-state index < -0.39 is 23.1 Å². The molecule has 6 nitrogen and oxygen atoms in total. The Morgan fingerprint density at radius 3 is 2.50 bits per heavy atom. The van der Waals surface area contributed by atoms with Crippen LogP contribution in [0.4, 0.5) is 13.2 Å². The summed E-state index contributed by atoms with van der Waals surface area (Å²) in [6.45, 7) is 0. The Morgan fingerprint density at radius 1 is 1.25 bits per heavy atom. The first-order valence-corrected chi connectivity index (χ1v) is 6.81. The lowest BCUT2D eigenvalue weighted by atomic mass is 10.2. The number of hydrogen-bond donors (Lipinski definition) is 0. The lowest BCUT2D eigenvalue weighted by Crippen LogP contribution is -2.40. The number of oxime groups is 1. The maximum absolute atomic E-state index is 12.8. The summed E-state index contributed by atoms with van der Waals surface area (Å²) < 4.78 is 39.5. The summed E-state index contributed by atoms with van der Waals surface area (Å²) in [7, 11) is 2.24. The molecule has 0 N–H and O–H groups in total. The van der Waals surface area contributed by atoms with Gasteiger partial charge in [-0.25, -0.2) is 9.36 Å². The molecule has 0 spiro atoms. The molecule has 0 bridgehead atoms. The Labute approximate surface area is 138 Å². The zero-order chi connectivity index (χ0) is 18.1. The molecule has 1 aromatic carbocycles. The average Bonchev–Trinajstić information content (AvgIpc) is 2.50. The van der Waals surface area contributed by atoms with Crippen LogP contribution in [0.25, 0.3) is 5.69 Å². The Hall–Kier alpha value is -2.55. The van der Waals surface area contributed by atoms with E-state index in [0.29, 0.717) is 20.8 Å². The van der Waals surface area contributed by atoms with Gasteiger partial charge in [0.25, 0.3) is 5.56 Å². The van der Waals surface area contributed by atoms with Gasteiger partial charge < -0.3 is 4.84 Å². The summed E-state index contributed by atoms with van der Waals surface area (Å²) in [5.41, 5.74) is -3.20. The highest BCUT2D eigenvalue weighted by molar-refractivity contribution is 6.33. The SMILES string of the molecule is CO/N=C/c1cc(-n2c(=O)cc(C(F)(F)F)n(C)c2=O)ccc1Cl. The molecule has 2 rings (SSSR count). The van der Waals surface area contributed by atoms with Gasteiger partial charge in [-0.3, -0.25) is 9.36 Å². The van der Waals surface area contributed by atoms with Crippen LogP contribution in [-0.4, -0.2) is 22.5 Å². The van der Waals surface area contributed by atoms with Crippen molar-refractivity contribution in [1.29, 1.82) is 0 Å². The highest BCUT2D eigenvalue weighted by Gasteiger charge is 2.35. The summed E-state index contributed by atoms with van der Waals surface area (Å²) in [5.74, 6) is 0. The van der Waals surface area contributed by atoms with Gasteiger partial charge in [-0.1, -0.05) is 16.8 Å². The third kappa shape index (κ3) is 3.35. The van der Waals surface area contributed by atoms with Gasteiger partial charge >= 0.3 is 11.9 Å². The first kappa shape index (κ1) is 17.8. The van der Waals surface area contributed by atoms with E-state index in [9.17, 15) is 22.8 Å². The summed E-state index contributed by atoms with van der Waals surface area (Å²) in [4.78, 5) is 28.7. The molecule has 10 heteroatoms. The van der Waals surface area contributed by atoms with E-state index in [2.05, 4.69) is 9.99 Å². The molecule has 1 aromatic heterocycles. The second kappa shape index (κ2) is 6.52. The highest BCUT2D eigenvalue weighted by atomic mass is 35.5. The Morgan fingerprint density at radius 2 is 1.92 bits per heavy atom. The van der Waals surface area contributed by atoms with Crippen molar-refractivity contribution in [2.45, 2.75) is 6.18 Å². The van der Waals surface area contributed by atoms with Crippen LogP contribution in [0.5, 0.6) is 0 Å². The number of hydrogen-bond acceptors (Lipinski definition) is 4. The Kier molecular flexibility index (Phi) is 4.83. The van der Waals surface area contributed by atoms with Crippen molar-refractivity contribution in [3.05, 3.63) is 61.4 Å². The van der Waals surface area contributed by atoms with E-state index in [0.717, 1.165) is 7.05 Å². The summed E-state index contributed by atoms with van der Waals surface area (Å²) >= 11 is 5.95. The topological polar surface area (TPSA) is 65.6 Å². The fraction of sp³-hybridized carbons (Fsp3) is 0.214. The predicted molar refractivity (Wildman–Crippen MR) is 81.9 cm³/mol.